The van der Waals surface area contributed by atoms with Gasteiger partial charge in [0.2, 0.25) is 5.91 Å². The van der Waals surface area contributed by atoms with E-state index < -0.39 is 0 Å². The number of methoxy groups -OCH3 is 2. The van der Waals surface area contributed by atoms with E-state index in [1.165, 1.54) is 21.1 Å². The standard InChI is InChI=1S/C19H20ClNO4/c1-11-7-16(18(25-4)10-15(11)20)21-19(23)9-14-8-13(12(2)22)5-6-17(14)24-3/h5-8,10H,9H2,1-4H3,(H,21,23). The minimum Gasteiger partial charge on any atom is -0.496 e. The van der Waals surface area contributed by atoms with Crippen molar-refractivity contribution in [3.8, 4) is 11.5 Å². The molecule has 0 fully saturated rings. The van der Waals surface area contributed by atoms with E-state index in [1.54, 1.807) is 30.3 Å². The monoisotopic (exact) mass is 361 g/mol. The SMILES string of the molecule is COc1ccc(C(C)=O)cc1CC(=O)Nc1cc(C)c(Cl)cc1OC. The topological polar surface area (TPSA) is 64.6 Å². The highest BCUT2D eigenvalue weighted by molar-refractivity contribution is 6.31. The molecule has 0 bridgehead atoms. The number of rotatable bonds is 6. The Morgan fingerprint density at radius 2 is 1.76 bits per heavy atom. The Labute approximate surface area is 151 Å². The molecule has 1 N–H and O–H groups in total. The third kappa shape index (κ3) is 4.51. The Hall–Kier alpha value is -2.53. The van der Waals surface area contributed by atoms with Crippen molar-refractivity contribution in [2.45, 2.75) is 20.3 Å². The van der Waals surface area contributed by atoms with Crippen molar-refractivity contribution in [3.05, 3.63) is 52.0 Å². The van der Waals surface area contributed by atoms with Gasteiger partial charge in [0, 0.05) is 22.2 Å². The Bertz CT molecular complexity index is 817. The van der Waals surface area contributed by atoms with Crippen LogP contribution in [-0.2, 0) is 11.2 Å². The first-order valence-electron chi connectivity index (χ1n) is 7.67. The lowest BCUT2D eigenvalue weighted by Crippen LogP contribution is -2.16. The molecule has 0 aliphatic carbocycles. The molecule has 1 amide bonds. The van der Waals surface area contributed by atoms with Gasteiger partial charge in [-0.05, 0) is 43.7 Å². The molecule has 6 heteroatoms. The first-order chi connectivity index (χ1) is 11.8. The zero-order valence-corrected chi connectivity index (χ0v) is 15.4. The predicted molar refractivity (Wildman–Crippen MR) is 98.1 cm³/mol. The van der Waals surface area contributed by atoms with E-state index in [4.69, 9.17) is 21.1 Å². The molecule has 0 heterocycles. The maximum Gasteiger partial charge on any atom is 0.229 e. The molecule has 2 aromatic rings. The van der Waals surface area contributed by atoms with Gasteiger partial charge in [0.1, 0.15) is 11.5 Å². The second-order valence-electron chi connectivity index (χ2n) is 5.61. The van der Waals surface area contributed by atoms with Gasteiger partial charge in [0.05, 0.1) is 26.3 Å². The van der Waals surface area contributed by atoms with Gasteiger partial charge in [0.15, 0.2) is 5.78 Å². The fourth-order valence-corrected chi connectivity index (χ4v) is 2.59. The van der Waals surface area contributed by atoms with E-state index in [1.807, 2.05) is 6.92 Å². The summed E-state index contributed by atoms with van der Waals surface area (Å²) >= 11 is 6.08. The molecule has 0 spiro atoms. The lowest BCUT2D eigenvalue weighted by molar-refractivity contribution is -0.115. The summed E-state index contributed by atoms with van der Waals surface area (Å²) in [6, 6.07) is 8.44. The molecule has 5 nitrogen and oxygen atoms in total. The largest absolute Gasteiger partial charge is 0.496 e. The van der Waals surface area contributed by atoms with Crippen molar-refractivity contribution in [3.63, 3.8) is 0 Å². The summed E-state index contributed by atoms with van der Waals surface area (Å²) in [5.41, 5.74) is 2.53. The minimum atomic E-state index is -0.251. The number of ether oxygens (including phenoxy) is 2. The van der Waals surface area contributed by atoms with Gasteiger partial charge in [0.25, 0.3) is 0 Å². The Kier molecular flexibility index (Phi) is 6.04. The lowest BCUT2D eigenvalue weighted by Gasteiger charge is -2.13. The lowest BCUT2D eigenvalue weighted by atomic mass is 10.0. The van der Waals surface area contributed by atoms with E-state index in [9.17, 15) is 9.59 Å². The number of amides is 1. The van der Waals surface area contributed by atoms with Crippen molar-refractivity contribution in [1.82, 2.24) is 0 Å². The molecule has 0 aromatic heterocycles. The van der Waals surface area contributed by atoms with Crippen molar-refractivity contribution < 1.29 is 19.1 Å². The average molecular weight is 362 g/mol. The molecule has 2 aromatic carbocycles. The molecule has 0 aliphatic rings. The van der Waals surface area contributed by atoms with Crippen LogP contribution in [0.4, 0.5) is 5.69 Å². The van der Waals surface area contributed by atoms with Gasteiger partial charge < -0.3 is 14.8 Å². The van der Waals surface area contributed by atoms with Crippen LogP contribution in [0.25, 0.3) is 0 Å². The fraction of sp³-hybridized carbons (Fsp3) is 0.263. The molecule has 132 valence electrons. The van der Waals surface area contributed by atoms with E-state index in [-0.39, 0.29) is 18.1 Å². The van der Waals surface area contributed by atoms with Crippen molar-refractivity contribution in [2.75, 3.05) is 19.5 Å². The van der Waals surface area contributed by atoms with Gasteiger partial charge in [-0.25, -0.2) is 0 Å². The van der Waals surface area contributed by atoms with Crippen molar-refractivity contribution in [2.24, 2.45) is 0 Å². The number of hydrogen-bond acceptors (Lipinski definition) is 4. The zero-order chi connectivity index (χ0) is 18.6. The van der Waals surface area contributed by atoms with Crippen LogP contribution in [0.2, 0.25) is 5.02 Å². The molecule has 0 saturated carbocycles. The van der Waals surface area contributed by atoms with Gasteiger partial charge in [-0.2, -0.15) is 0 Å². The highest BCUT2D eigenvalue weighted by atomic mass is 35.5. The van der Waals surface area contributed by atoms with Crippen LogP contribution in [0.3, 0.4) is 0 Å². The molecule has 25 heavy (non-hydrogen) atoms. The smallest absolute Gasteiger partial charge is 0.229 e. The van der Waals surface area contributed by atoms with E-state index in [2.05, 4.69) is 5.32 Å². The maximum absolute atomic E-state index is 12.5. The minimum absolute atomic E-state index is 0.0646. The van der Waals surface area contributed by atoms with Crippen LogP contribution in [0.15, 0.2) is 30.3 Å². The number of anilines is 1. The summed E-state index contributed by atoms with van der Waals surface area (Å²) in [5.74, 6) is 0.714. The number of ketones is 1. The van der Waals surface area contributed by atoms with Gasteiger partial charge in [-0.1, -0.05) is 11.6 Å². The van der Waals surface area contributed by atoms with Crippen LogP contribution in [0.1, 0.15) is 28.4 Å². The van der Waals surface area contributed by atoms with Crippen LogP contribution in [-0.4, -0.2) is 25.9 Å². The van der Waals surface area contributed by atoms with Crippen LogP contribution in [0.5, 0.6) is 11.5 Å². The van der Waals surface area contributed by atoms with Gasteiger partial charge >= 0.3 is 0 Å². The van der Waals surface area contributed by atoms with E-state index >= 15 is 0 Å². The number of carbonyl (C=O) groups is 2. The van der Waals surface area contributed by atoms with Gasteiger partial charge in [-0.15, -0.1) is 0 Å². The molecule has 0 unspecified atom stereocenters. The molecular weight excluding hydrogens is 342 g/mol. The molecule has 0 radical (unpaired) electrons. The number of benzene rings is 2. The number of aryl methyl sites for hydroxylation is 1. The quantitative estimate of drug-likeness (QED) is 0.788. The number of Topliss-reactive ketones (excluding diaryl/α,β-unsaturated/α-hetero) is 1. The first-order valence-corrected chi connectivity index (χ1v) is 8.05. The van der Waals surface area contributed by atoms with Crippen molar-refractivity contribution >= 4 is 29.0 Å². The Balaban J connectivity index is 2.25. The second kappa shape index (κ2) is 8.03. The van der Waals surface area contributed by atoms with E-state index in [0.717, 1.165) is 5.56 Å². The summed E-state index contributed by atoms with van der Waals surface area (Å²) < 4.78 is 10.5. The number of nitrogens with one attached hydrogen (secondary N) is 1. The van der Waals surface area contributed by atoms with Crippen LogP contribution in [0, 0.1) is 6.92 Å². The summed E-state index contributed by atoms with van der Waals surface area (Å²) in [7, 11) is 3.03. The van der Waals surface area contributed by atoms with Crippen LogP contribution >= 0.6 is 11.6 Å². The number of hydrogen-bond donors (Lipinski definition) is 1. The maximum atomic E-state index is 12.5. The highest BCUT2D eigenvalue weighted by Crippen LogP contribution is 2.31. The third-order valence-electron chi connectivity index (χ3n) is 3.79. The fourth-order valence-electron chi connectivity index (χ4n) is 2.43. The van der Waals surface area contributed by atoms with Gasteiger partial charge in [-0.3, -0.25) is 9.59 Å². The first kappa shape index (κ1) is 18.8. The molecule has 0 aliphatic heterocycles. The number of carbonyl (C=O) groups excluding carboxylic acids is 2. The van der Waals surface area contributed by atoms with Crippen LogP contribution < -0.4 is 14.8 Å². The van der Waals surface area contributed by atoms with E-state index in [0.29, 0.717) is 33.3 Å². The normalized spacial score (nSPS) is 10.3. The second-order valence-corrected chi connectivity index (χ2v) is 6.02. The van der Waals surface area contributed by atoms with Crippen molar-refractivity contribution in [1.29, 1.82) is 0 Å². The Morgan fingerprint density at radius 3 is 2.36 bits per heavy atom. The zero-order valence-electron chi connectivity index (χ0n) is 14.6. The average Bonchev–Trinajstić information content (AvgIpc) is 2.57. The predicted octanol–water partition coefficient (Wildman–Crippen LogP) is 4.05. The Morgan fingerprint density at radius 1 is 1.08 bits per heavy atom. The summed E-state index contributed by atoms with van der Waals surface area (Å²) in [6.07, 6.45) is 0.0646. The molecule has 2 rings (SSSR count). The molecule has 0 atom stereocenters. The molecule has 0 saturated heterocycles. The summed E-state index contributed by atoms with van der Waals surface area (Å²) in [5, 5.41) is 3.38. The molecular formula is C19H20ClNO4. The third-order valence-corrected chi connectivity index (χ3v) is 4.20. The number of halogens is 1. The summed E-state index contributed by atoms with van der Waals surface area (Å²) in [4.78, 5) is 24.0. The highest BCUT2D eigenvalue weighted by Gasteiger charge is 2.14. The summed E-state index contributed by atoms with van der Waals surface area (Å²) in [6.45, 7) is 3.32.